The molecule has 3 heterocycles. The van der Waals surface area contributed by atoms with Crippen LogP contribution in [0.15, 0.2) is 24.5 Å². The predicted octanol–water partition coefficient (Wildman–Crippen LogP) is 2.26. The number of benzene rings is 1. The summed E-state index contributed by atoms with van der Waals surface area (Å²) in [6, 6.07) is 2.07. The van der Waals surface area contributed by atoms with Gasteiger partial charge in [0.2, 0.25) is 5.91 Å². The van der Waals surface area contributed by atoms with Crippen molar-refractivity contribution in [3.63, 3.8) is 0 Å². The Hall–Kier alpha value is -3.19. The predicted molar refractivity (Wildman–Crippen MR) is 123 cm³/mol. The van der Waals surface area contributed by atoms with Crippen LogP contribution >= 0.6 is 11.6 Å². The minimum Gasteiger partial charge on any atom is -0.381 e. The first-order chi connectivity index (χ1) is 16.9. The zero-order valence-electron chi connectivity index (χ0n) is 18.9. The number of nitrogens with zero attached hydrogens (tertiary/aromatic N) is 3. The van der Waals surface area contributed by atoms with Crippen molar-refractivity contribution in [3.8, 4) is 0 Å². The molecule has 0 saturated carbocycles. The van der Waals surface area contributed by atoms with Crippen LogP contribution in [0, 0.1) is 11.7 Å². The largest absolute Gasteiger partial charge is 0.416 e. The van der Waals surface area contributed by atoms with Crippen LogP contribution in [0.4, 0.5) is 29.1 Å². The van der Waals surface area contributed by atoms with E-state index in [0.717, 1.165) is 18.5 Å². The first-order valence-electron chi connectivity index (χ1n) is 11.2. The smallest absolute Gasteiger partial charge is 0.381 e. The van der Waals surface area contributed by atoms with E-state index in [1.807, 2.05) is 0 Å². The van der Waals surface area contributed by atoms with E-state index in [4.69, 9.17) is 23.1 Å². The molecule has 1 aromatic heterocycles. The van der Waals surface area contributed by atoms with Gasteiger partial charge in [-0.05, 0) is 44.0 Å². The van der Waals surface area contributed by atoms with Crippen LogP contribution in [0.2, 0.25) is 5.02 Å². The number of nitrogens with one attached hydrogen (secondary N) is 2. The summed E-state index contributed by atoms with van der Waals surface area (Å²) in [5.41, 5.74) is 7.64. The molecule has 2 aromatic rings. The zero-order valence-corrected chi connectivity index (χ0v) is 19.7. The van der Waals surface area contributed by atoms with E-state index in [1.165, 1.54) is 11.0 Å². The molecule has 194 valence electrons. The van der Waals surface area contributed by atoms with Crippen molar-refractivity contribution in [2.45, 2.75) is 37.0 Å². The maximum absolute atomic E-state index is 15.3. The first kappa shape index (κ1) is 25.9. The summed E-state index contributed by atoms with van der Waals surface area (Å²) in [5.74, 6) is -3.52. The van der Waals surface area contributed by atoms with Gasteiger partial charge in [0.1, 0.15) is 12.0 Å². The second-order valence-corrected chi connectivity index (χ2v) is 9.29. The van der Waals surface area contributed by atoms with Crippen LogP contribution in [0.1, 0.15) is 30.5 Å². The number of carbonyl (C=O) groups excluding carboxylic acids is 2. The molecule has 0 aliphatic carbocycles. The number of primary amides is 1. The van der Waals surface area contributed by atoms with E-state index in [-0.39, 0.29) is 30.2 Å². The Morgan fingerprint density at radius 1 is 1.28 bits per heavy atom. The van der Waals surface area contributed by atoms with Gasteiger partial charge >= 0.3 is 6.18 Å². The number of halogens is 5. The SMILES string of the molecule is NC(=O)[C@H]1CCNC[C@@H]1N1CCC[C@@](Nc2cc(Cl)cc(C(F)(F)F)c2)(c2ncnc(N)c2F)C1=O. The molecule has 2 aliphatic rings. The molecular weight excluding hydrogens is 506 g/mol. The molecule has 4 rings (SSSR count). The molecule has 2 saturated heterocycles. The van der Waals surface area contributed by atoms with E-state index in [2.05, 4.69) is 20.6 Å². The second kappa shape index (κ2) is 9.69. The Morgan fingerprint density at radius 2 is 2.03 bits per heavy atom. The fraction of sp³-hybridized carbons (Fsp3) is 0.455. The van der Waals surface area contributed by atoms with Crippen LogP contribution in [0.25, 0.3) is 0 Å². The van der Waals surface area contributed by atoms with Crippen LogP contribution < -0.4 is 22.1 Å². The molecule has 0 radical (unpaired) electrons. The van der Waals surface area contributed by atoms with Gasteiger partial charge in [0.15, 0.2) is 17.2 Å². The first-order valence-corrected chi connectivity index (χ1v) is 11.6. The number of likely N-dealkylation sites (tertiary alicyclic amines) is 1. The number of piperidine rings is 2. The van der Waals surface area contributed by atoms with Gasteiger partial charge in [0.05, 0.1) is 17.5 Å². The molecular formula is C22H24ClF4N7O2. The van der Waals surface area contributed by atoms with Gasteiger partial charge in [-0.1, -0.05) is 11.6 Å². The van der Waals surface area contributed by atoms with Gasteiger partial charge in [-0.3, -0.25) is 9.59 Å². The van der Waals surface area contributed by atoms with E-state index >= 15 is 4.39 Å². The molecule has 14 heteroatoms. The molecule has 0 bridgehead atoms. The van der Waals surface area contributed by atoms with Crippen LogP contribution in [0.3, 0.4) is 0 Å². The van der Waals surface area contributed by atoms with Crippen molar-refractivity contribution in [3.05, 3.63) is 46.6 Å². The van der Waals surface area contributed by atoms with E-state index in [0.29, 0.717) is 19.4 Å². The number of aromatic nitrogens is 2. The van der Waals surface area contributed by atoms with Crippen molar-refractivity contribution in [1.82, 2.24) is 20.2 Å². The Kier molecular flexibility index (Phi) is 6.97. The molecule has 0 unspecified atom stereocenters. The zero-order chi connectivity index (χ0) is 26.3. The molecule has 9 nitrogen and oxygen atoms in total. The minimum absolute atomic E-state index is 0.0229. The van der Waals surface area contributed by atoms with Crippen LogP contribution in [-0.4, -0.2) is 52.4 Å². The van der Waals surface area contributed by atoms with Gasteiger partial charge < -0.3 is 27.0 Å². The molecule has 2 amide bonds. The van der Waals surface area contributed by atoms with Gasteiger partial charge in [0, 0.05) is 23.8 Å². The van der Waals surface area contributed by atoms with Gasteiger partial charge in [-0.2, -0.15) is 13.2 Å². The Morgan fingerprint density at radius 3 is 2.72 bits per heavy atom. The molecule has 36 heavy (non-hydrogen) atoms. The molecule has 2 fully saturated rings. The highest BCUT2D eigenvalue weighted by Crippen LogP contribution is 2.41. The highest BCUT2D eigenvalue weighted by molar-refractivity contribution is 6.31. The number of nitrogens with two attached hydrogens (primary N) is 2. The lowest BCUT2D eigenvalue weighted by Crippen LogP contribution is -2.64. The fourth-order valence-electron chi connectivity index (χ4n) is 4.93. The normalized spacial score (nSPS) is 25.0. The monoisotopic (exact) mass is 529 g/mol. The summed E-state index contributed by atoms with van der Waals surface area (Å²) >= 11 is 5.95. The third-order valence-electron chi connectivity index (χ3n) is 6.60. The van der Waals surface area contributed by atoms with E-state index in [9.17, 15) is 22.8 Å². The summed E-state index contributed by atoms with van der Waals surface area (Å²) in [6.07, 6.45) is -3.06. The molecule has 2 aliphatic heterocycles. The number of anilines is 2. The molecule has 3 atom stereocenters. The van der Waals surface area contributed by atoms with E-state index in [1.54, 1.807) is 0 Å². The van der Waals surface area contributed by atoms with E-state index < -0.39 is 58.4 Å². The minimum atomic E-state index is -4.72. The third-order valence-corrected chi connectivity index (χ3v) is 6.81. The second-order valence-electron chi connectivity index (χ2n) is 8.85. The summed E-state index contributed by atoms with van der Waals surface area (Å²) in [7, 11) is 0. The number of hydrogen-bond acceptors (Lipinski definition) is 7. The maximum Gasteiger partial charge on any atom is 0.416 e. The molecule has 6 N–H and O–H groups in total. The fourth-order valence-corrected chi connectivity index (χ4v) is 5.17. The lowest BCUT2D eigenvalue weighted by atomic mass is 9.80. The Balaban J connectivity index is 1.84. The maximum atomic E-state index is 15.3. The van der Waals surface area contributed by atoms with Crippen LogP contribution in [-0.2, 0) is 21.3 Å². The summed E-state index contributed by atoms with van der Waals surface area (Å²) in [5, 5.41) is 5.68. The molecule has 1 aromatic carbocycles. The van der Waals surface area contributed by atoms with Crippen molar-refractivity contribution < 1.29 is 27.2 Å². The topological polar surface area (TPSA) is 139 Å². The third kappa shape index (κ3) is 4.76. The number of amides is 2. The van der Waals surface area contributed by atoms with Gasteiger partial charge in [-0.25, -0.2) is 14.4 Å². The average Bonchev–Trinajstić information content (AvgIpc) is 2.81. The summed E-state index contributed by atoms with van der Waals surface area (Å²) in [6.45, 7) is 1.01. The number of nitrogen functional groups attached to an aromatic ring is 1. The highest BCUT2D eigenvalue weighted by atomic mass is 35.5. The number of hydrogen-bond donors (Lipinski definition) is 4. The van der Waals surface area contributed by atoms with Crippen molar-refractivity contribution >= 4 is 34.9 Å². The molecule has 0 spiro atoms. The van der Waals surface area contributed by atoms with Gasteiger partial charge in [0.25, 0.3) is 5.91 Å². The van der Waals surface area contributed by atoms with Crippen molar-refractivity contribution in [2.75, 3.05) is 30.7 Å². The average molecular weight is 530 g/mol. The quantitative estimate of drug-likeness (QED) is 0.436. The number of alkyl halides is 3. The van der Waals surface area contributed by atoms with Crippen molar-refractivity contribution in [1.29, 1.82) is 0 Å². The number of rotatable bonds is 5. The summed E-state index contributed by atoms with van der Waals surface area (Å²) < 4.78 is 55.6. The highest BCUT2D eigenvalue weighted by Gasteiger charge is 2.52. The Labute approximate surface area is 208 Å². The van der Waals surface area contributed by atoms with Gasteiger partial charge in [-0.15, -0.1) is 0 Å². The summed E-state index contributed by atoms with van der Waals surface area (Å²) in [4.78, 5) is 35.2. The van der Waals surface area contributed by atoms with Crippen molar-refractivity contribution in [2.24, 2.45) is 11.7 Å². The van der Waals surface area contributed by atoms with Crippen LogP contribution in [0.5, 0.6) is 0 Å². The lowest BCUT2D eigenvalue weighted by Gasteiger charge is -2.47. The number of carbonyl (C=O) groups is 2. The lowest BCUT2D eigenvalue weighted by molar-refractivity contribution is -0.145. The Bertz CT molecular complexity index is 1180. The standard InChI is InChI=1S/C22H24ClF4N7O2/c23-12-6-11(22(25,26)27)7-13(8-12)33-21(17-16(24)18(28)32-10-31-17)3-1-5-34(20(21)36)15-9-30-4-2-14(15)19(29)35/h6-8,10,14-15,30,33H,1-5,9H2,(H2,29,35)(H2,28,31,32)/t14-,15-,21+/m0/s1.